The summed E-state index contributed by atoms with van der Waals surface area (Å²) in [4.78, 5) is 11.9. The quantitative estimate of drug-likeness (QED) is 0.775. The molecule has 0 spiro atoms. The van der Waals surface area contributed by atoms with Gasteiger partial charge in [-0.15, -0.1) is 0 Å². The maximum absolute atomic E-state index is 11.9. The number of amides is 1. The fourth-order valence-corrected chi connectivity index (χ4v) is 2.46. The molecule has 0 aliphatic carbocycles. The van der Waals surface area contributed by atoms with Crippen LogP contribution >= 0.6 is 0 Å². The van der Waals surface area contributed by atoms with Gasteiger partial charge in [-0.3, -0.25) is 4.79 Å². The van der Waals surface area contributed by atoms with Gasteiger partial charge in [-0.05, 0) is 69.0 Å². The maximum atomic E-state index is 11.9. The molecule has 1 heterocycles. The summed E-state index contributed by atoms with van der Waals surface area (Å²) >= 11 is 0. The van der Waals surface area contributed by atoms with E-state index in [-0.39, 0.29) is 11.7 Å². The SMILES string of the molecule is Cc1cc(C(=O)NCCC2CCNCC2)ccc1O. The topological polar surface area (TPSA) is 61.4 Å². The lowest BCUT2D eigenvalue weighted by molar-refractivity contribution is 0.0950. The van der Waals surface area contributed by atoms with Crippen molar-refractivity contribution in [2.75, 3.05) is 19.6 Å². The minimum Gasteiger partial charge on any atom is -0.508 e. The van der Waals surface area contributed by atoms with Gasteiger partial charge in [0.15, 0.2) is 0 Å². The number of piperidine rings is 1. The van der Waals surface area contributed by atoms with E-state index < -0.39 is 0 Å². The molecule has 1 saturated heterocycles. The van der Waals surface area contributed by atoms with E-state index in [4.69, 9.17) is 0 Å². The van der Waals surface area contributed by atoms with Crippen molar-refractivity contribution >= 4 is 5.91 Å². The lowest BCUT2D eigenvalue weighted by Gasteiger charge is -2.22. The summed E-state index contributed by atoms with van der Waals surface area (Å²) in [5.74, 6) is 0.895. The van der Waals surface area contributed by atoms with Crippen molar-refractivity contribution in [1.29, 1.82) is 0 Å². The molecule has 1 aromatic carbocycles. The second kappa shape index (κ2) is 6.57. The molecule has 1 fully saturated rings. The Balaban J connectivity index is 1.78. The average molecular weight is 262 g/mol. The van der Waals surface area contributed by atoms with Gasteiger partial charge in [-0.1, -0.05) is 0 Å². The van der Waals surface area contributed by atoms with Crippen molar-refractivity contribution in [2.24, 2.45) is 5.92 Å². The first-order valence-corrected chi connectivity index (χ1v) is 6.95. The Morgan fingerprint density at radius 3 is 2.84 bits per heavy atom. The molecule has 0 radical (unpaired) electrons. The molecule has 0 aromatic heterocycles. The highest BCUT2D eigenvalue weighted by molar-refractivity contribution is 5.94. The molecule has 104 valence electrons. The highest BCUT2D eigenvalue weighted by atomic mass is 16.3. The van der Waals surface area contributed by atoms with E-state index in [2.05, 4.69) is 10.6 Å². The zero-order valence-electron chi connectivity index (χ0n) is 11.4. The number of nitrogens with one attached hydrogen (secondary N) is 2. The lowest BCUT2D eigenvalue weighted by Crippen LogP contribution is -2.31. The molecule has 3 N–H and O–H groups in total. The number of phenolic OH excluding ortho intramolecular Hbond substituents is 1. The Labute approximate surface area is 114 Å². The largest absolute Gasteiger partial charge is 0.508 e. The van der Waals surface area contributed by atoms with E-state index in [1.165, 1.54) is 12.8 Å². The van der Waals surface area contributed by atoms with Gasteiger partial charge in [0.05, 0.1) is 0 Å². The summed E-state index contributed by atoms with van der Waals surface area (Å²) in [6.07, 6.45) is 3.45. The van der Waals surface area contributed by atoms with Gasteiger partial charge in [-0.2, -0.15) is 0 Å². The third kappa shape index (κ3) is 3.96. The van der Waals surface area contributed by atoms with Crippen LogP contribution in [0.3, 0.4) is 0 Å². The Hall–Kier alpha value is -1.55. The Kier molecular flexibility index (Phi) is 4.80. The predicted octanol–water partition coefficient (Wildman–Crippen LogP) is 1.82. The Morgan fingerprint density at radius 1 is 1.42 bits per heavy atom. The Bertz CT molecular complexity index is 440. The molecule has 0 saturated carbocycles. The summed E-state index contributed by atoms with van der Waals surface area (Å²) in [5, 5.41) is 15.7. The number of phenols is 1. The molecule has 0 unspecified atom stereocenters. The molecule has 19 heavy (non-hydrogen) atoms. The molecule has 1 amide bonds. The van der Waals surface area contributed by atoms with Gasteiger partial charge in [0.25, 0.3) is 5.91 Å². The van der Waals surface area contributed by atoms with Crippen LogP contribution in [-0.4, -0.2) is 30.6 Å². The zero-order valence-corrected chi connectivity index (χ0v) is 11.4. The summed E-state index contributed by atoms with van der Waals surface area (Å²) in [5.41, 5.74) is 1.34. The highest BCUT2D eigenvalue weighted by Gasteiger charge is 2.13. The van der Waals surface area contributed by atoms with Crippen LogP contribution in [0.2, 0.25) is 0 Å². The van der Waals surface area contributed by atoms with E-state index in [0.717, 1.165) is 37.5 Å². The summed E-state index contributed by atoms with van der Waals surface area (Å²) in [6.45, 7) is 4.70. The van der Waals surface area contributed by atoms with Crippen molar-refractivity contribution in [2.45, 2.75) is 26.2 Å². The van der Waals surface area contributed by atoms with E-state index >= 15 is 0 Å². The number of carbonyl (C=O) groups excluding carboxylic acids is 1. The number of hydrogen-bond donors (Lipinski definition) is 3. The summed E-state index contributed by atoms with van der Waals surface area (Å²) in [6, 6.07) is 4.94. The molecule has 1 aliphatic heterocycles. The fraction of sp³-hybridized carbons (Fsp3) is 0.533. The van der Waals surface area contributed by atoms with Crippen LogP contribution in [0, 0.1) is 12.8 Å². The molecule has 1 aliphatic rings. The van der Waals surface area contributed by atoms with Crippen LogP contribution in [0.25, 0.3) is 0 Å². The molecule has 0 atom stereocenters. The first kappa shape index (κ1) is 13.9. The number of aromatic hydroxyl groups is 1. The minimum atomic E-state index is -0.0583. The molecular formula is C15H22N2O2. The van der Waals surface area contributed by atoms with Gasteiger partial charge in [0.2, 0.25) is 0 Å². The molecule has 2 rings (SSSR count). The smallest absolute Gasteiger partial charge is 0.251 e. The van der Waals surface area contributed by atoms with Gasteiger partial charge >= 0.3 is 0 Å². The monoisotopic (exact) mass is 262 g/mol. The standard InChI is InChI=1S/C15H22N2O2/c1-11-10-13(2-3-14(11)18)15(19)17-9-6-12-4-7-16-8-5-12/h2-3,10,12,16,18H,4-9H2,1H3,(H,17,19). The first-order valence-electron chi connectivity index (χ1n) is 6.95. The van der Waals surface area contributed by atoms with E-state index in [1.807, 2.05) is 0 Å². The number of rotatable bonds is 4. The highest BCUT2D eigenvalue weighted by Crippen LogP contribution is 2.17. The number of aryl methyl sites for hydroxylation is 1. The van der Waals surface area contributed by atoms with Crippen LogP contribution in [0.15, 0.2) is 18.2 Å². The first-order chi connectivity index (χ1) is 9.16. The molecule has 0 bridgehead atoms. The normalized spacial score (nSPS) is 16.3. The lowest BCUT2D eigenvalue weighted by atomic mass is 9.95. The van der Waals surface area contributed by atoms with Crippen molar-refractivity contribution < 1.29 is 9.90 Å². The second-order valence-electron chi connectivity index (χ2n) is 5.24. The van der Waals surface area contributed by atoms with Gasteiger partial charge in [-0.25, -0.2) is 0 Å². The van der Waals surface area contributed by atoms with E-state index in [0.29, 0.717) is 5.56 Å². The molecule has 1 aromatic rings. The maximum Gasteiger partial charge on any atom is 0.251 e. The van der Waals surface area contributed by atoms with Crippen molar-refractivity contribution in [1.82, 2.24) is 10.6 Å². The van der Waals surface area contributed by atoms with Crippen LogP contribution in [0.1, 0.15) is 35.2 Å². The number of carbonyl (C=O) groups is 1. The van der Waals surface area contributed by atoms with Gasteiger partial charge in [0, 0.05) is 12.1 Å². The molecule has 4 nitrogen and oxygen atoms in total. The fourth-order valence-electron chi connectivity index (χ4n) is 2.46. The predicted molar refractivity (Wildman–Crippen MR) is 75.4 cm³/mol. The van der Waals surface area contributed by atoms with E-state index in [9.17, 15) is 9.90 Å². The van der Waals surface area contributed by atoms with Gasteiger partial charge < -0.3 is 15.7 Å². The third-order valence-electron chi connectivity index (χ3n) is 3.76. The van der Waals surface area contributed by atoms with Crippen LogP contribution in [0.4, 0.5) is 0 Å². The van der Waals surface area contributed by atoms with Crippen LogP contribution in [0.5, 0.6) is 5.75 Å². The van der Waals surface area contributed by atoms with Gasteiger partial charge in [0.1, 0.15) is 5.75 Å². The summed E-state index contributed by atoms with van der Waals surface area (Å²) < 4.78 is 0. The Morgan fingerprint density at radius 2 is 2.16 bits per heavy atom. The molecular weight excluding hydrogens is 240 g/mol. The second-order valence-corrected chi connectivity index (χ2v) is 5.24. The zero-order chi connectivity index (χ0) is 13.7. The molecule has 4 heteroatoms. The van der Waals surface area contributed by atoms with Crippen LogP contribution in [-0.2, 0) is 0 Å². The summed E-state index contributed by atoms with van der Waals surface area (Å²) in [7, 11) is 0. The van der Waals surface area contributed by atoms with E-state index in [1.54, 1.807) is 25.1 Å². The van der Waals surface area contributed by atoms with Crippen molar-refractivity contribution in [3.63, 3.8) is 0 Å². The van der Waals surface area contributed by atoms with Crippen molar-refractivity contribution in [3.8, 4) is 5.75 Å². The van der Waals surface area contributed by atoms with Crippen LogP contribution < -0.4 is 10.6 Å². The van der Waals surface area contributed by atoms with Crippen molar-refractivity contribution in [3.05, 3.63) is 29.3 Å². The minimum absolute atomic E-state index is 0.0583. The average Bonchev–Trinajstić information content (AvgIpc) is 2.43. The number of benzene rings is 1. The number of hydrogen-bond acceptors (Lipinski definition) is 3. The third-order valence-corrected chi connectivity index (χ3v) is 3.76.